The van der Waals surface area contributed by atoms with Gasteiger partial charge in [-0.1, -0.05) is 18.2 Å². The predicted octanol–water partition coefficient (Wildman–Crippen LogP) is 3.47. The van der Waals surface area contributed by atoms with Gasteiger partial charge in [0.1, 0.15) is 16.5 Å². The molecule has 0 bridgehead atoms. The van der Waals surface area contributed by atoms with Gasteiger partial charge in [-0.15, -0.1) is 11.3 Å². The van der Waals surface area contributed by atoms with Crippen molar-refractivity contribution in [2.24, 2.45) is 5.73 Å². The standard InChI is InChI=1S/C15H12FN3S/c16-11-6-4-10(5-7-11)15-14(19-13(9-17)20-15)12-3-1-2-8-18-12/h1-8H,9,17H2. The number of hydrogen-bond donors (Lipinski definition) is 1. The van der Waals surface area contributed by atoms with Crippen LogP contribution in [-0.4, -0.2) is 9.97 Å². The zero-order valence-electron chi connectivity index (χ0n) is 10.6. The van der Waals surface area contributed by atoms with Crippen LogP contribution in [0.4, 0.5) is 4.39 Å². The fourth-order valence-electron chi connectivity index (χ4n) is 1.93. The molecular weight excluding hydrogens is 273 g/mol. The van der Waals surface area contributed by atoms with Crippen LogP contribution in [0.2, 0.25) is 0 Å². The number of nitrogens with two attached hydrogens (primary N) is 1. The second-order valence-electron chi connectivity index (χ2n) is 4.21. The van der Waals surface area contributed by atoms with Gasteiger partial charge in [0.2, 0.25) is 0 Å². The summed E-state index contributed by atoms with van der Waals surface area (Å²) < 4.78 is 13.1. The number of thiazole rings is 1. The lowest BCUT2D eigenvalue weighted by molar-refractivity contribution is 0.628. The highest BCUT2D eigenvalue weighted by Gasteiger charge is 2.15. The van der Waals surface area contributed by atoms with Gasteiger partial charge < -0.3 is 5.73 Å². The van der Waals surface area contributed by atoms with Crippen molar-refractivity contribution in [3.8, 4) is 21.8 Å². The van der Waals surface area contributed by atoms with E-state index in [0.717, 1.165) is 26.8 Å². The molecule has 20 heavy (non-hydrogen) atoms. The maximum absolute atomic E-state index is 13.1. The first-order valence-electron chi connectivity index (χ1n) is 6.15. The third-order valence-corrected chi connectivity index (χ3v) is 3.99. The molecule has 1 aromatic carbocycles. The summed E-state index contributed by atoms with van der Waals surface area (Å²) in [5.74, 6) is -0.253. The fraction of sp³-hybridized carbons (Fsp3) is 0.0667. The summed E-state index contributed by atoms with van der Waals surface area (Å²) in [4.78, 5) is 9.83. The van der Waals surface area contributed by atoms with Gasteiger partial charge in [0.05, 0.1) is 10.6 Å². The Morgan fingerprint density at radius 1 is 1.10 bits per heavy atom. The number of halogens is 1. The molecule has 2 N–H and O–H groups in total. The van der Waals surface area contributed by atoms with E-state index in [2.05, 4.69) is 9.97 Å². The number of nitrogens with zero attached hydrogens (tertiary/aromatic N) is 2. The molecule has 0 saturated carbocycles. The minimum absolute atomic E-state index is 0.253. The molecule has 5 heteroatoms. The van der Waals surface area contributed by atoms with Crippen molar-refractivity contribution in [3.05, 3.63) is 59.5 Å². The molecule has 0 radical (unpaired) electrons. The molecule has 2 heterocycles. The largest absolute Gasteiger partial charge is 0.325 e. The first-order valence-corrected chi connectivity index (χ1v) is 6.96. The molecule has 0 aliphatic heterocycles. The third kappa shape index (κ3) is 2.45. The highest BCUT2D eigenvalue weighted by Crippen LogP contribution is 2.35. The van der Waals surface area contributed by atoms with Gasteiger partial charge in [0, 0.05) is 12.7 Å². The Kier molecular flexibility index (Phi) is 3.54. The van der Waals surface area contributed by atoms with Crippen LogP contribution < -0.4 is 5.73 Å². The highest BCUT2D eigenvalue weighted by molar-refractivity contribution is 7.15. The van der Waals surface area contributed by atoms with Crippen LogP contribution in [0, 0.1) is 5.82 Å². The lowest BCUT2D eigenvalue weighted by Crippen LogP contribution is -1.94. The first-order chi connectivity index (χ1) is 9.78. The lowest BCUT2D eigenvalue weighted by Gasteiger charge is -2.01. The van der Waals surface area contributed by atoms with Crippen LogP contribution in [0.1, 0.15) is 5.01 Å². The van der Waals surface area contributed by atoms with Crippen LogP contribution in [0.25, 0.3) is 21.8 Å². The maximum Gasteiger partial charge on any atom is 0.123 e. The summed E-state index contributed by atoms with van der Waals surface area (Å²) in [7, 11) is 0. The van der Waals surface area contributed by atoms with Crippen LogP contribution in [0.15, 0.2) is 48.7 Å². The van der Waals surface area contributed by atoms with Gasteiger partial charge in [-0.25, -0.2) is 9.37 Å². The van der Waals surface area contributed by atoms with Crippen molar-refractivity contribution in [2.75, 3.05) is 0 Å². The van der Waals surface area contributed by atoms with Gasteiger partial charge in [0.15, 0.2) is 0 Å². The summed E-state index contributed by atoms with van der Waals surface area (Å²) in [6, 6.07) is 12.1. The first kappa shape index (κ1) is 12.9. The molecule has 0 atom stereocenters. The van der Waals surface area contributed by atoms with E-state index in [-0.39, 0.29) is 5.82 Å². The predicted molar refractivity (Wildman–Crippen MR) is 78.6 cm³/mol. The number of benzene rings is 1. The molecule has 0 aliphatic carbocycles. The van der Waals surface area contributed by atoms with Gasteiger partial charge in [-0.2, -0.15) is 0 Å². The van der Waals surface area contributed by atoms with Crippen LogP contribution >= 0.6 is 11.3 Å². The highest BCUT2D eigenvalue weighted by atomic mass is 32.1. The molecule has 0 fully saturated rings. The molecule has 2 aromatic heterocycles. The molecule has 3 aromatic rings. The monoisotopic (exact) mass is 285 g/mol. The zero-order chi connectivity index (χ0) is 13.9. The smallest absolute Gasteiger partial charge is 0.123 e. The summed E-state index contributed by atoms with van der Waals surface area (Å²) in [5, 5.41) is 0.838. The van der Waals surface area contributed by atoms with Crippen molar-refractivity contribution >= 4 is 11.3 Å². The van der Waals surface area contributed by atoms with E-state index < -0.39 is 0 Å². The summed E-state index contributed by atoms with van der Waals surface area (Å²) in [6.45, 7) is 0.381. The molecule has 3 rings (SSSR count). The van der Waals surface area contributed by atoms with Crippen molar-refractivity contribution in [1.82, 2.24) is 9.97 Å². The number of aromatic nitrogens is 2. The number of pyridine rings is 1. The van der Waals surface area contributed by atoms with E-state index in [1.165, 1.54) is 23.5 Å². The van der Waals surface area contributed by atoms with E-state index in [0.29, 0.717) is 6.54 Å². The average molecular weight is 285 g/mol. The van der Waals surface area contributed by atoms with Gasteiger partial charge in [0.25, 0.3) is 0 Å². The fourth-order valence-corrected chi connectivity index (χ4v) is 2.88. The van der Waals surface area contributed by atoms with E-state index in [1.54, 1.807) is 18.3 Å². The Morgan fingerprint density at radius 2 is 1.90 bits per heavy atom. The molecule has 0 amide bonds. The number of hydrogen-bond acceptors (Lipinski definition) is 4. The second-order valence-corrected chi connectivity index (χ2v) is 5.29. The Labute approximate surface area is 119 Å². The van der Waals surface area contributed by atoms with Gasteiger partial charge in [-0.3, -0.25) is 4.98 Å². The van der Waals surface area contributed by atoms with E-state index >= 15 is 0 Å². The normalized spacial score (nSPS) is 10.7. The SMILES string of the molecule is NCc1nc(-c2ccccn2)c(-c2ccc(F)cc2)s1. The van der Waals surface area contributed by atoms with E-state index in [9.17, 15) is 4.39 Å². The molecular formula is C15H12FN3S. The van der Waals surface area contributed by atoms with Crippen molar-refractivity contribution < 1.29 is 4.39 Å². The minimum atomic E-state index is -0.253. The topological polar surface area (TPSA) is 51.8 Å². The van der Waals surface area contributed by atoms with Crippen molar-refractivity contribution in [2.45, 2.75) is 6.54 Å². The summed E-state index contributed by atoms with van der Waals surface area (Å²) in [6.07, 6.45) is 1.73. The molecule has 100 valence electrons. The molecule has 0 unspecified atom stereocenters. The summed E-state index contributed by atoms with van der Waals surface area (Å²) in [5.41, 5.74) is 8.19. The second kappa shape index (κ2) is 5.48. The molecule has 0 spiro atoms. The van der Waals surface area contributed by atoms with E-state index in [4.69, 9.17) is 5.73 Å². The van der Waals surface area contributed by atoms with Gasteiger partial charge in [-0.05, 0) is 29.8 Å². The Balaban J connectivity index is 2.15. The molecule has 3 nitrogen and oxygen atoms in total. The van der Waals surface area contributed by atoms with Crippen molar-refractivity contribution in [1.29, 1.82) is 0 Å². The minimum Gasteiger partial charge on any atom is -0.325 e. The molecule has 0 saturated heterocycles. The summed E-state index contributed by atoms with van der Waals surface area (Å²) >= 11 is 1.51. The lowest BCUT2D eigenvalue weighted by atomic mass is 10.1. The molecule has 0 aliphatic rings. The van der Waals surface area contributed by atoms with Crippen LogP contribution in [-0.2, 0) is 6.54 Å². The van der Waals surface area contributed by atoms with Crippen LogP contribution in [0.3, 0.4) is 0 Å². The zero-order valence-corrected chi connectivity index (χ0v) is 11.4. The third-order valence-electron chi connectivity index (χ3n) is 2.86. The van der Waals surface area contributed by atoms with Crippen LogP contribution in [0.5, 0.6) is 0 Å². The quantitative estimate of drug-likeness (QED) is 0.801. The maximum atomic E-state index is 13.1. The Morgan fingerprint density at radius 3 is 2.55 bits per heavy atom. The Bertz CT molecular complexity index is 708. The average Bonchev–Trinajstić information content (AvgIpc) is 2.93. The number of rotatable bonds is 3. The Hall–Kier alpha value is -2.11. The van der Waals surface area contributed by atoms with Gasteiger partial charge >= 0.3 is 0 Å². The van der Waals surface area contributed by atoms with Crippen molar-refractivity contribution in [3.63, 3.8) is 0 Å². The van der Waals surface area contributed by atoms with E-state index in [1.807, 2.05) is 18.2 Å².